The summed E-state index contributed by atoms with van der Waals surface area (Å²) in [6.45, 7) is 0.507. The fraction of sp³-hybridized carbons (Fsp3) is 0.300. The number of benzene rings is 2. The maximum absolute atomic E-state index is 12.5. The molecule has 5 nitrogen and oxygen atoms in total. The number of carbonyl (C=O) groups excluding carboxylic acids is 2. The molecule has 1 saturated carbocycles. The van der Waals surface area contributed by atoms with Crippen molar-refractivity contribution in [2.75, 3.05) is 14.2 Å². The van der Waals surface area contributed by atoms with Crippen LogP contribution in [0.2, 0.25) is 0 Å². The van der Waals surface area contributed by atoms with E-state index >= 15 is 0 Å². The average molecular weight is 338 g/mol. The first-order valence-corrected chi connectivity index (χ1v) is 8.36. The van der Waals surface area contributed by atoms with Crippen molar-refractivity contribution < 1.29 is 14.3 Å². The molecule has 0 atom stereocenters. The molecule has 5 heteroatoms. The second-order valence-corrected chi connectivity index (χ2v) is 6.33. The zero-order valence-corrected chi connectivity index (χ0v) is 14.5. The maximum atomic E-state index is 12.5. The predicted octanol–water partition coefficient (Wildman–Crippen LogP) is 2.86. The first-order valence-electron chi connectivity index (χ1n) is 8.36. The molecule has 0 spiro atoms. The van der Waals surface area contributed by atoms with Crippen LogP contribution in [-0.2, 0) is 6.54 Å². The second kappa shape index (κ2) is 7.38. The average Bonchev–Trinajstić information content (AvgIpc) is 3.45. The molecular weight excluding hydrogens is 316 g/mol. The number of carbonyl (C=O) groups is 2. The number of hydrogen-bond donors (Lipinski definition) is 1. The molecule has 0 bridgehead atoms. The second-order valence-electron chi connectivity index (χ2n) is 6.33. The van der Waals surface area contributed by atoms with Crippen molar-refractivity contribution >= 4 is 11.8 Å². The molecule has 2 aromatic rings. The van der Waals surface area contributed by atoms with Crippen molar-refractivity contribution in [1.82, 2.24) is 10.2 Å². The van der Waals surface area contributed by atoms with Crippen molar-refractivity contribution in [3.63, 3.8) is 0 Å². The highest BCUT2D eigenvalue weighted by molar-refractivity contribution is 5.97. The van der Waals surface area contributed by atoms with E-state index in [0.29, 0.717) is 23.7 Å². The van der Waals surface area contributed by atoms with Gasteiger partial charge in [0.2, 0.25) is 0 Å². The zero-order chi connectivity index (χ0) is 17.8. The SMILES string of the molecule is COc1ccc(CN(C)C(=O)c2ccc(C(=O)NC3CC3)cc2)cc1. The monoisotopic (exact) mass is 338 g/mol. The molecule has 130 valence electrons. The molecule has 1 N–H and O–H groups in total. The maximum Gasteiger partial charge on any atom is 0.253 e. The van der Waals surface area contributed by atoms with Gasteiger partial charge in [-0.05, 0) is 54.8 Å². The van der Waals surface area contributed by atoms with Gasteiger partial charge in [-0.25, -0.2) is 0 Å². The minimum absolute atomic E-state index is 0.0758. The van der Waals surface area contributed by atoms with Crippen molar-refractivity contribution in [3.05, 3.63) is 65.2 Å². The summed E-state index contributed by atoms with van der Waals surface area (Å²) >= 11 is 0. The lowest BCUT2D eigenvalue weighted by Gasteiger charge is -2.17. The van der Waals surface area contributed by atoms with Gasteiger partial charge in [0.1, 0.15) is 5.75 Å². The number of nitrogens with one attached hydrogen (secondary N) is 1. The topological polar surface area (TPSA) is 58.6 Å². The molecule has 0 heterocycles. The summed E-state index contributed by atoms with van der Waals surface area (Å²) < 4.78 is 5.14. The molecule has 2 amide bonds. The third-order valence-electron chi connectivity index (χ3n) is 4.23. The van der Waals surface area contributed by atoms with Gasteiger partial charge in [0, 0.05) is 30.8 Å². The highest BCUT2D eigenvalue weighted by atomic mass is 16.5. The molecule has 0 unspecified atom stereocenters. The van der Waals surface area contributed by atoms with Crippen LogP contribution in [-0.4, -0.2) is 36.9 Å². The Labute approximate surface area is 147 Å². The van der Waals surface area contributed by atoms with Crippen molar-refractivity contribution in [3.8, 4) is 5.75 Å². The molecule has 25 heavy (non-hydrogen) atoms. The summed E-state index contributed by atoms with van der Waals surface area (Å²) in [7, 11) is 3.39. The van der Waals surface area contributed by atoms with Crippen LogP contribution in [0.4, 0.5) is 0 Å². The summed E-state index contributed by atoms with van der Waals surface area (Å²) in [5.41, 5.74) is 2.18. The van der Waals surface area contributed by atoms with E-state index in [9.17, 15) is 9.59 Å². The lowest BCUT2D eigenvalue weighted by Crippen LogP contribution is -2.27. The smallest absolute Gasteiger partial charge is 0.253 e. The predicted molar refractivity (Wildman–Crippen MR) is 95.7 cm³/mol. The Hall–Kier alpha value is -2.82. The number of hydrogen-bond acceptors (Lipinski definition) is 3. The molecule has 1 aliphatic carbocycles. The minimum Gasteiger partial charge on any atom is -0.497 e. The van der Waals surface area contributed by atoms with Gasteiger partial charge in [0.25, 0.3) is 11.8 Å². The molecule has 0 radical (unpaired) electrons. The number of amides is 2. The van der Waals surface area contributed by atoms with Gasteiger partial charge in [-0.3, -0.25) is 9.59 Å². The van der Waals surface area contributed by atoms with Gasteiger partial charge < -0.3 is 15.0 Å². The van der Waals surface area contributed by atoms with Crippen LogP contribution in [0.1, 0.15) is 39.1 Å². The molecule has 0 saturated heterocycles. The number of nitrogens with zero attached hydrogens (tertiary/aromatic N) is 1. The van der Waals surface area contributed by atoms with Gasteiger partial charge in [0.15, 0.2) is 0 Å². The Kier molecular flexibility index (Phi) is 5.03. The van der Waals surface area contributed by atoms with Gasteiger partial charge >= 0.3 is 0 Å². The van der Waals surface area contributed by atoms with Crippen LogP contribution in [0.3, 0.4) is 0 Å². The van der Waals surface area contributed by atoms with E-state index in [1.54, 1.807) is 43.3 Å². The van der Waals surface area contributed by atoms with Crippen LogP contribution >= 0.6 is 0 Å². The highest BCUT2D eigenvalue weighted by Gasteiger charge is 2.23. The van der Waals surface area contributed by atoms with Gasteiger partial charge in [-0.2, -0.15) is 0 Å². The van der Waals surface area contributed by atoms with Crippen LogP contribution < -0.4 is 10.1 Å². The normalized spacial score (nSPS) is 13.2. The number of ether oxygens (including phenoxy) is 1. The van der Waals surface area contributed by atoms with Crippen LogP contribution in [0.15, 0.2) is 48.5 Å². The van der Waals surface area contributed by atoms with E-state index in [0.717, 1.165) is 24.2 Å². The summed E-state index contributed by atoms with van der Waals surface area (Å²) in [6, 6.07) is 14.8. The Morgan fingerprint density at radius 3 is 2.20 bits per heavy atom. The minimum atomic E-state index is -0.0787. The quantitative estimate of drug-likeness (QED) is 0.881. The molecular formula is C20H22N2O3. The van der Waals surface area contributed by atoms with Gasteiger partial charge in [-0.15, -0.1) is 0 Å². The molecule has 3 rings (SSSR count). The Balaban J connectivity index is 1.61. The lowest BCUT2D eigenvalue weighted by atomic mass is 10.1. The highest BCUT2D eigenvalue weighted by Crippen LogP contribution is 2.19. The van der Waals surface area contributed by atoms with E-state index in [1.807, 2.05) is 24.3 Å². The summed E-state index contributed by atoms with van der Waals surface area (Å²) in [5.74, 6) is 0.635. The zero-order valence-electron chi connectivity index (χ0n) is 14.5. The Bertz CT molecular complexity index is 750. The fourth-order valence-corrected chi connectivity index (χ4v) is 2.56. The molecule has 0 aromatic heterocycles. The molecule has 2 aromatic carbocycles. The van der Waals surface area contributed by atoms with Crippen LogP contribution in [0.5, 0.6) is 5.75 Å². The Morgan fingerprint density at radius 1 is 1.04 bits per heavy atom. The van der Waals surface area contributed by atoms with E-state index in [1.165, 1.54) is 0 Å². The number of methoxy groups -OCH3 is 1. The van der Waals surface area contributed by atoms with Gasteiger partial charge in [-0.1, -0.05) is 12.1 Å². The third-order valence-corrected chi connectivity index (χ3v) is 4.23. The first kappa shape index (κ1) is 17.0. The standard InChI is InChI=1S/C20H22N2O3/c1-22(13-14-3-11-18(25-2)12-4-14)20(24)16-7-5-15(6-8-16)19(23)21-17-9-10-17/h3-8,11-12,17H,9-10,13H2,1-2H3,(H,21,23). The van der Waals surface area contributed by atoms with Crippen LogP contribution in [0.25, 0.3) is 0 Å². The van der Waals surface area contributed by atoms with E-state index < -0.39 is 0 Å². The largest absolute Gasteiger partial charge is 0.497 e. The molecule has 1 aliphatic rings. The summed E-state index contributed by atoms with van der Waals surface area (Å²) in [5, 5.41) is 2.94. The molecule has 1 fully saturated rings. The molecule has 0 aliphatic heterocycles. The van der Waals surface area contributed by atoms with Crippen LogP contribution in [0, 0.1) is 0 Å². The van der Waals surface area contributed by atoms with E-state index in [-0.39, 0.29) is 11.8 Å². The Morgan fingerprint density at radius 2 is 1.64 bits per heavy atom. The third kappa shape index (κ3) is 4.38. The summed E-state index contributed by atoms with van der Waals surface area (Å²) in [6.07, 6.45) is 2.11. The number of rotatable bonds is 6. The van der Waals surface area contributed by atoms with Crippen molar-refractivity contribution in [1.29, 1.82) is 0 Å². The summed E-state index contributed by atoms with van der Waals surface area (Å²) in [4.78, 5) is 26.2. The van der Waals surface area contributed by atoms with E-state index in [2.05, 4.69) is 5.32 Å². The fourth-order valence-electron chi connectivity index (χ4n) is 2.56. The first-order chi connectivity index (χ1) is 12.1. The van der Waals surface area contributed by atoms with Crippen molar-refractivity contribution in [2.45, 2.75) is 25.4 Å². The van der Waals surface area contributed by atoms with Crippen molar-refractivity contribution in [2.24, 2.45) is 0 Å². The van der Waals surface area contributed by atoms with E-state index in [4.69, 9.17) is 4.74 Å². The lowest BCUT2D eigenvalue weighted by molar-refractivity contribution is 0.0784. The van der Waals surface area contributed by atoms with Gasteiger partial charge in [0.05, 0.1) is 7.11 Å².